The molecule has 1 aromatic rings. The molecule has 0 spiro atoms. The van der Waals surface area contributed by atoms with E-state index >= 15 is 0 Å². The fourth-order valence-electron chi connectivity index (χ4n) is 1.54. The summed E-state index contributed by atoms with van der Waals surface area (Å²) in [5.74, 6) is -2.18. The third-order valence-electron chi connectivity index (χ3n) is 2.59. The van der Waals surface area contributed by atoms with Crippen LogP contribution in [0.5, 0.6) is 0 Å². The van der Waals surface area contributed by atoms with E-state index in [0.717, 1.165) is 9.35 Å². The van der Waals surface area contributed by atoms with Gasteiger partial charge in [0.1, 0.15) is 6.04 Å². The van der Waals surface area contributed by atoms with Crippen LogP contribution in [0.15, 0.2) is 15.9 Å². The van der Waals surface area contributed by atoms with Crippen LogP contribution in [-0.4, -0.2) is 34.2 Å². The Balaban J connectivity index is 2.39. The molecule has 0 unspecified atom stereocenters. The summed E-state index contributed by atoms with van der Waals surface area (Å²) in [5, 5.41) is 24.2. The van der Waals surface area contributed by atoms with Gasteiger partial charge in [-0.25, -0.2) is 9.59 Å². The van der Waals surface area contributed by atoms with E-state index in [4.69, 9.17) is 10.2 Å². The van der Waals surface area contributed by atoms with E-state index in [-0.39, 0.29) is 25.8 Å². The van der Waals surface area contributed by atoms with Crippen molar-refractivity contribution in [3.05, 3.63) is 20.8 Å². The van der Waals surface area contributed by atoms with Crippen molar-refractivity contribution in [2.45, 2.75) is 31.8 Å². The minimum atomic E-state index is -1.19. The second-order valence-corrected chi connectivity index (χ2v) is 6.05. The summed E-state index contributed by atoms with van der Waals surface area (Å²) < 4.78 is 0.879. The number of amides is 2. The van der Waals surface area contributed by atoms with Crippen LogP contribution in [0.25, 0.3) is 0 Å². The van der Waals surface area contributed by atoms with Gasteiger partial charge in [-0.3, -0.25) is 4.79 Å². The number of thiophene rings is 1. The van der Waals surface area contributed by atoms with E-state index in [1.165, 1.54) is 11.3 Å². The third kappa shape index (κ3) is 6.58. The average Bonchev–Trinajstić information content (AvgIpc) is 2.80. The number of carbonyl (C=O) groups is 3. The molecule has 0 fully saturated rings. The molecule has 116 valence electrons. The summed E-state index contributed by atoms with van der Waals surface area (Å²) >= 11 is 4.79. The largest absolute Gasteiger partial charge is 0.481 e. The lowest BCUT2D eigenvalue weighted by Gasteiger charge is -2.14. The Morgan fingerprint density at radius 2 is 2.05 bits per heavy atom. The number of rotatable bonds is 8. The summed E-state index contributed by atoms with van der Waals surface area (Å²) in [6.07, 6.45) is 0.121. The number of carboxylic acid groups (broad SMARTS) is 2. The Labute approximate surface area is 133 Å². The zero-order valence-electron chi connectivity index (χ0n) is 11.0. The van der Waals surface area contributed by atoms with Gasteiger partial charge in [0, 0.05) is 15.8 Å². The van der Waals surface area contributed by atoms with Crippen molar-refractivity contribution in [2.24, 2.45) is 0 Å². The van der Waals surface area contributed by atoms with Crippen LogP contribution in [0.1, 0.15) is 24.1 Å². The highest BCUT2D eigenvalue weighted by atomic mass is 79.9. The summed E-state index contributed by atoms with van der Waals surface area (Å²) in [5.41, 5.74) is 0. The van der Waals surface area contributed by atoms with Crippen molar-refractivity contribution >= 4 is 45.2 Å². The third-order valence-corrected chi connectivity index (χ3v) is 4.51. The molecular formula is C12H15BrN2O5S. The van der Waals surface area contributed by atoms with Gasteiger partial charge in [0.15, 0.2) is 0 Å². The quantitative estimate of drug-likeness (QED) is 0.552. The van der Waals surface area contributed by atoms with Crippen LogP contribution in [0.4, 0.5) is 4.79 Å². The number of nitrogens with one attached hydrogen (secondary N) is 2. The molecule has 1 aromatic heterocycles. The van der Waals surface area contributed by atoms with Gasteiger partial charge in [-0.05, 0) is 40.2 Å². The van der Waals surface area contributed by atoms with Gasteiger partial charge in [-0.15, -0.1) is 11.3 Å². The van der Waals surface area contributed by atoms with Crippen molar-refractivity contribution in [3.63, 3.8) is 0 Å². The number of carbonyl (C=O) groups excluding carboxylic acids is 1. The van der Waals surface area contributed by atoms with Gasteiger partial charge in [0.2, 0.25) is 0 Å². The molecule has 0 aliphatic carbocycles. The molecule has 1 atom stereocenters. The smallest absolute Gasteiger partial charge is 0.326 e. The lowest BCUT2D eigenvalue weighted by molar-refractivity contribution is -0.140. The molecule has 0 radical (unpaired) electrons. The second kappa shape index (κ2) is 8.63. The Hall–Kier alpha value is -1.61. The van der Waals surface area contributed by atoms with Crippen molar-refractivity contribution in [3.8, 4) is 0 Å². The second-order valence-electron chi connectivity index (χ2n) is 4.20. The number of hydrogen-bond acceptors (Lipinski definition) is 4. The summed E-state index contributed by atoms with van der Waals surface area (Å²) in [7, 11) is 0. The zero-order valence-corrected chi connectivity index (χ0v) is 13.4. The predicted molar refractivity (Wildman–Crippen MR) is 80.3 cm³/mol. The highest BCUT2D eigenvalue weighted by Crippen LogP contribution is 2.22. The number of halogens is 1. The summed E-state index contributed by atoms with van der Waals surface area (Å²) in [6.45, 7) is 0.283. The van der Waals surface area contributed by atoms with Gasteiger partial charge in [0.05, 0.1) is 6.54 Å². The van der Waals surface area contributed by atoms with Gasteiger partial charge in [-0.1, -0.05) is 0 Å². The van der Waals surface area contributed by atoms with E-state index in [9.17, 15) is 14.4 Å². The van der Waals surface area contributed by atoms with E-state index < -0.39 is 24.0 Å². The molecule has 0 saturated heterocycles. The molecule has 0 saturated carbocycles. The molecule has 2 amide bonds. The van der Waals surface area contributed by atoms with E-state index in [0.29, 0.717) is 0 Å². The summed E-state index contributed by atoms with van der Waals surface area (Å²) in [4.78, 5) is 34.0. The van der Waals surface area contributed by atoms with Crippen molar-refractivity contribution < 1.29 is 24.6 Å². The van der Waals surface area contributed by atoms with Crippen molar-refractivity contribution in [1.29, 1.82) is 0 Å². The molecule has 0 aliphatic heterocycles. The van der Waals surface area contributed by atoms with Crippen LogP contribution in [-0.2, 0) is 16.1 Å². The lowest BCUT2D eigenvalue weighted by Crippen LogP contribution is -2.45. The topological polar surface area (TPSA) is 116 Å². The number of hydrogen-bond donors (Lipinski definition) is 4. The molecule has 0 aromatic carbocycles. The maximum atomic E-state index is 11.6. The van der Waals surface area contributed by atoms with Crippen molar-refractivity contribution in [1.82, 2.24) is 10.6 Å². The van der Waals surface area contributed by atoms with E-state index in [2.05, 4.69) is 26.6 Å². The normalized spacial score (nSPS) is 11.7. The average molecular weight is 379 g/mol. The maximum Gasteiger partial charge on any atom is 0.326 e. The van der Waals surface area contributed by atoms with Gasteiger partial charge < -0.3 is 20.8 Å². The van der Waals surface area contributed by atoms with Crippen LogP contribution in [0.3, 0.4) is 0 Å². The molecule has 1 rings (SSSR count). The van der Waals surface area contributed by atoms with Gasteiger partial charge in [-0.2, -0.15) is 0 Å². The van der Waals surface area contributed by atoms with Crippen LogP contribution in [0.2, 0.25) is 0 Å². The first-order valence-corrected chi connectivity index (χ1v) is 7.78. The number of carboxylic acids is 2. The Morgan fingerprint density at radius 3 is 2.57 bits per heavy atom. The monoisotopic (exact) mass is 378 g/mol. The SMILES string of the molecule is O=C(O)CCC[C@@H](NC(=O)NCc1sccc1Br)C(=O)O. The Kier molecular flexibility index (Phi) is 7.17. The minimum Gasteiger partial charge on any atom is -0.481 e. The molecule has 1 heterocycles. The number of aliphatic carboxylic acids is 2. The fourth-order valence-corrected chi connectivity index (χ4v) is 2.97. The molecule has 21 heavy (non-hydrogen) atoms. The highest BCUT2D eigenvalue weighted by molar-refractivity contribution is 9.10. The van der Waals surface area contributed by atoms with Crippen LogP contribution in [0, 0.1) is 0 Å². The first-order chi connectivity index (χ1) is 9.90. The van der Waals surface area contributed by atoms with Crippen LogP contribution >= 0.6 is 27.3 Å². The molecule has 0 bridgehead atoms. The number of urea groups is 1. The Bertz CT molecular complexity index is 520. The summed E-state index contributed by atoms with van der Waals surface area (Å²) in [6, 6.07) is 0.153. The van der Waals surface area contributed by atoms with Gasteiger partial charge >= 0.3 is 18.0 Å². The van der Waals surface area contributed by atoms with E-state index in [1.807, 2.05) is 11.4 Å². The maximum absolute atomic E-state index is 11.6. The molecular weight excluding hydrogens is 364 g/mol. The molecule has 0 aliphatic rings. The lowest BCUT2D eigenvalue weighted by atomic mass is 10.1. The first kappa shape index (κ1) is 17.4. The zero-order chi connectivity index (χ0) is 15.8. The highest BCUT2D eigenvalue weighted by Gasteiger charge is 2.19. The minimum absolute atomic E-state index is 0.0672. The fraction of sp³-hybridized carbons (Fsp3) is 0.417. The Morgan fingerprint density at radius 1 is 1.33 bits per heavy atom. The molecule has 4 N–H and O–H groups in total. The standard InChI is InChI=1S/C12H15BrN2O5S/c13-7-4-5-21-9(7)6-14-12(20)15-8(11(18)19)2-1-3-10(16)17/h4-5,8H,1-3,6H2,(H,16,17)(H,18,19)(H2,14,15,20)/t8-/m1/s1. The first-order valence-electron chi connectivity index (χ1n) is 6.11. The van der Waals surface area contributed by atoms with Crippen LogP contribution < -0.4 is 10.6 Å². The molecule has 9 heteroatoms. The van der Waals surface area contributed by atoms with Gasteiger partial charge in [0.25, 0.3) is 0 Å². The molecule has 7 nitrogen and oxygen atoms in total. The predicted octanol–water partition coefficient (Wildman–Crippen LogP) is 2.02. The van der Waals surface area contributed by atoms with Crippen molar-refractivity contribution in [2.75, 3.05) is 0 Å². The van der Waals surface area contributed by atoms with E-state index in [1.54, 1.807) is 0 Å².